The standard InChI is InChI=1S/C19H30ClN3O3/c1-13(2)11-22-18(24)16-7-6-15(10-17(16)20)23-19(25)21-8-5-9-26-12-14(3)4/h6-7,10,13-14H,5,8-9,11-12H2,1-4H3,(H,22,24)(H2,21,23,25). The molecule has 0 spiro atoms. The third kappa shape index (κ3) is 9.06. The van der Waals surface area contributed by atoms with Crippen molar-refractivity contribution in [3.05, 3.63) is 28.8 Å². The Morgan fingerprint density at radius 2 is 1.85 bits per heavy atom. The Balaban J connectivity index is 2.39. The third-order valence-electron chi connectivity index (χ3n) is 3.34. The summed E-state index contributed by atoms with van der Waals surface area (Å²) in [5, 5.41) is 8.57. The molecular weight excluding hydrogens is 354 g/mol. The number of hydrogen-bond acceptors (Lipinski definition) is 3. The van der Waals surface area contributed by atoms with E-state index in [1.807, 2.05) is 13.8 Å². The lowest BCUT2D eigenvalue weighted by Crippen LogP contribution is -2.30. The predicted octanol–water partition coefficient (Wildman–Crippen LogP) is 3.91. The predicted molar refractivity (Wildman–Crippen MR) is 106 cm³/mol. The van der Waals surface area contributed by atoms with Crippen LogP contribution in [0.2, 0.25) is 5.02 Å². The van der Waals surface area contributed by atoms with Gasteiger partial charge < -0.3 is 20.7 Å². The first-order valence-electron chi connectivity index (χ1n) is 9.00. The fourth-order valence-corrected chi connectivity index (χ4v) is 2.31. The summed E-state index contributed by atoms with van der Waals surface area (Å²) in [6, 6.07) is 4.51. The number of anilines is 1. The number of halogens is 1. The molecule has 1 aromatic carbocycles. The first kappa shape index (κ1) is 22.3. The van der Waals surface area contributed by atoms with E-state index in [2.05, 4.69) is 29.8 Å². The van der Waals surface area contributed by atoms with Crippen LogP contribution in [-0.2, 0) is 4.74 Å². The van der Waals surface area contributed by atoms with Gasteiger partial charge in [0.05, 0.1) is 10.6 Å². The van der Waals surface area contributed by atoms with Crippen LogP contribution in [0.5, 0.6) is 0 Å². The van der Waals surface area contributed by atoms with Crippen LogP contribution in [-0.4, -0.2) is 38.2 Å². The molecule has 0 unspecified atom stereocenters. The van der Waals surface area contributed by atoms with E-state index in [-0.39, 0.29) is 11.9 Å². The van der Waals surface area contributed by atoms with Gasteiger partial charge in [0.1, 0.15) is 0 Å². The van der Waals surface area contributed by atoms with Crippen molar-refractivity contribution in [1.29, 1.82) is 0 Å². The van der Waals surface area contributed by atoms with E-state index in [0.717, 1.165) is 13.0 Å². The minimum atomic E-state index is -0.318. The van der Waals surface area contributed by atoms with E-state index in [4.69, 9.17) is 16.3 Å². The largest absolute Gasteiger partial charge is 0.381 e. The van der Waals surface area contributed by atoms with Gasteiger partial charge in [-0.1, -0.05) is 39.3 Å². The van der Waals surface area contributed by atoms with Gasteiger partial charge in [-0.2, -0.15) is 0 Å². The second-order valence-electron chi connectivity index (χ2n) is 7.00. The summed E-state index contributed by atoms with van der Waals surface area (Å²) >= 11 is 6.16. The van der Waals surface area contributed by atoms with Crippen LogP contribution in [0.3, 0.4) is 0 Å². The van der Waals surface area contributed by atoms with E-state index >= 15 is 0 Å². The number of rotatable bonds is 10. The lowest BCUT2D eigenvalue weighted by Gasteiger charge is -2.11. The minimum absolute atomic E-state index is 0.221. The maximum Gasteiger partial charge on any atom is 0.319 e. The SMILES string of the molecule is CC(C)CNC(=O)c1ccc(NC(=O)NCCCOCC(C)C)cc1Cl. The fourth-order valence-electron chi connectivity index (χ4n) is 2.04. The smallest absolute Gasteiger partial charge is 0.319 e. The number of nitrogens with one attached hydrogen (secondary N) is 3. The molecule has 0 aliphatic heterocycles. The zero-order valence-electron chi connectivity index (χ0n) is 16.0. The number of hydrogen-bond donors (Lipinski definition) is 3. The van der Waals surface area contributed by atoms with E-state index in [0.29, 0.717) is 47.8 Å². The Morgan fingerprint density at radius 1 is 1.12 bits per heavy atom. The Hall–Kier alpha value is -1.79. The van der Waals surface area contributed by atoms with Gasteiger partial charge in [-0.3, -0.25) is 4.79 Å². The summed E-state index contributed by atoms with van der Waals surface area (Å²) in [6.45, 7) is 10.7. The molecule has 3 N–H and O–H groups in total. The molecule has 0 aliphatic rings. The van der Waals surface area contributed by atoms with Crippen molar-refractivity contribution in [2.75, 3.05) is 31.6 Å². The fraction of sp³-hybridized carbons (Fsp3) is 0.579. The Kier molecular flexibility index (Phi) is 10.1. The lowest BCUT2D eigenvalue weighted by atomic mass is 10.1. The molecular formula is C19H30ClN3O3. The summed E-state index contributed by atoms with van der Waals surface area (Å²) in [4.78, 5) is 23.9. The highest BCUT2D eigenvalue weighted by Gasteiger charge is 2.12. The summed E-state index contributed by atoms with van der Waals surface area (Å²) in [6.07, 6.45) is 0.746. The van der Waals surface area contributed by atoms with E-state index < -0.39 is 0 Å². The molecule has 146 valence electrons. The van der Waals surface area contributed by atoms with E-state index in [1.54, 1.807) is 18.2 Å². The Morgan fingerprint density at radius 3 is 2.46 bits per heavy atom. The zero-order valence-corrected chi connectivity index (χ0v) is 16.8. The van der Waals surface area contributed by atoms with E-state index in [1.165, 1.54) is 0 Å². The van der Waals surface area contributed by atoms with E-state index in [9.17, 15) is 9.59 Å². The number of benzene rings is 1. The first-order chi connectivity index (χ1) is 12.3. The minimum Gasteiger partial charge on any atom is -0.381 e. The van der Waals surface area contributed by atoms with Crippen LogP contribution >= 0.6 is 11.6 Å². The molecule has 0 saturated carbocycles. The number of urea groups is 1. The molecule has 1 aromatic rings. The van der Waals surface area contributed by atoms with Crippen molar-refractivity contribution in [2.45, 2.75) is 34.1 Å². The van der Waals surface area contributed by atoms with Crippen LogP contribution in [0, 0.1) is 11.8 Å². The summed E-state index contributed by atoms with van der Waals surface area (Å²) < 4.78 is 5.45. The average molecular weight is 384 g/mol. The van der Waals surface area contributed by atoms with Crippen molar-refractivity contribution in [3.63, 3.8) is 0 Å². The quantitative estimate of drug-likeness (QED) is 0.536. The van der Waals surface area contributed by atoms with Gasteiger partial charge in [-0.25, -0.2) is 4.79 Å². The Bertz CT molecular complexity index is 591. The number of amides is 3. The maximum atomic E-state index is 12.1. The molecule has 0 saturated heterocycles. The van der Waals surface area contributed by atoms with Crippen LogP contribution in [0.4, 0.5) is 10.5 Å². The molecule has 0 aliphatic carbocycles. The summed E-state index contributed by atoms with van der Waals surface area (Å²) in [5.74, 6) is 0.644. The van der Waals surface area contributed by atoms with Gasteiger partial charge in [0.2, 0.25) is 0 Å². The first-order valence-corrected chi connectivity index (χ1v) is 9.37. The maximum absolute atomic E-state index is 12.1. The number of carbonyl (C=O) groups excluding carboxylic acids is 2. The third-order valence-corrected chi connectivity index (χ3v) is 3.66. The van der Waals surface area contributed by atoms with Crippen molar-refractivity contribution < 1.29 is 14.3 Å². The van der Waals surface area contributed by atoms with Crippen LogP contribution in [0.1, 0.15) is 44.5 Å². The normalized spacial score (nSPS) is 10.9. The van der Waals surface area contributed by atoms with Crippen molar-refractivity contribution in [3.8, 4) is 0 Å². The van der Waals surface area contributed by atoms with Crippen LogP contribution in [0.15, 0.2) is 18.2 Å². The van der Waals surface area contributed by atoms with Crippen molar-refractivity contribution in [1.82, 2.24) is 10.6 Å². The second kappa shape index (κ2) is 11.8. The highest BCUT2D eigenvalue weighted by Crippen LogP contribution is 2.21. The van der Waals surface area contributed by atoms with Gasteiger partial charge >= 0.3 is 6.03 Å². The molecule has 1 rings (SSSR count). The highest BCUT2D eigenvalue weighted by molar-refractivity contribution is 6.34. The highest BCUT2D eigenvalue weighted by atomic mass is 35.5. The molecule has 0 atom stereocenters. The lowest BCUT2D eigenvalue weighted by molar-refractivity contribution is 0.0949. The second-order valence-corrected chi connectivity index (χ2v) is 7.41. The van der Waals surface area contributed by atoms with Crippen LogP contribution in [0.25, 0.3) is 0 Å². The number of carbonyl (C=O) groups is 2. The average Bonchev–Trinajstić information content (AvgIpc) is 2.55. The molecule has 6 nitrogen and oxygen atoms in total. The molecule has 7 heteroatoms. The molecule has 0 bridgehead atoms. The van der Waals surface area contributed by atoms with Crippen molar-refractivity contribution >= 4 is 29.2 Å². The van der Waals surface area contributed by atoms with Crippen LogP contribution < -0.4 is 16.0 Å². The Labute approximate surface area is 161 Å². The molecule has 0 aromatic heterocycles. The topological polar surface area (TPSA) is 79.5 Å². The molecule has 0 heterocycles. The van der Waals surface area contributed by atoms with Gasteiger partial charge in [-0.15, -0.1) is 0 Å². The molecule has 0 radical (unpaired) electrons. The molecule has 0 fully saturated rings. The van der Waals surface area contributed by atoms with Gasteiger partial charge in [0.15, 0.2) is 0 Å². The van der Waals surface area contributed by atoms with Gasteiger partial charge in [-0.05, 0) is 36.5 Å². The van der Waals surface area contributed by atoms with Crippen molar-refractivity contribution in [2.24, 2.45) is 11.8 Å². The zero-order chi connectivity index (χ0) is 19.5. The summed E-state index contributed by atoms with van der Waals surface area (Å²) in [7, 11) is 0. The van der Waals surface area contributed by atoms with Gasteiger partial charge in [0, 0.05) is 32.0 Å². The monoisotopic (exact) mass is 383 g/mol. The molecule has 26 heavy (non-hydrogen) atoms. The number of ether oxygens (including phenoxy) is 1. The summed E-state index contributed by atoms with van der Waals surface area (Å²) in [5.41, 5.74) is 0.921. The van der Waals surface area contributed by atoms with Gasteiger partial charge in [0.25, 0.3) is 5.91 Å². The molecule has 3 amide bonds.